The first-order chi connectivity index (χ1) is 13.5. The van der Waals surface area contributed by atoms with Crippen molar-refractivity contribution in [3.63, 3.8) is 0 Å². The number of aromatic nitrogens is 1. The Morgan fingerprint density at radius 2 is 1.79 bits per heavy atom. The Kier molecular flexibility index (Phi) is 5.94. The van der Waals surface area contributed by atoms with Gasteiger partial charge >= 0.3 is 6.09 Å². The molecule has 144 valence electrons. The lowest BCUT2D eigenvalue weighted by Gasteiger charge is -2.21. The van der Waals surface area contributed by atoms with E-state index in [4.69, 9.17) is 4.74 Å². The zero-order valence-corrected chi connectivity index (χ0v) is 16.3. The van der Waals surface area contributed by atoms with Gasteiger partial charge in [0.2, 0.25) is 0 Å². The number of hydrogen-bond acceptors (Lipinski definition) is 3. The number of pyridine rings is 1. The van der Waals surface area contributed by atoms with Crippen LogP contribution in [0, 0.1) is 13.8 Å². The number of amides is 1. The molecule has 0 saturated carbocycles. The second kappa shape index (κ2) is 8.57. The highest BCUT2D eigenvalue weighted by atomic mass is 16.5. The molecule has 2 aromatic carbocycles. The van der Waals surface area contributed by atoms with Crippen LogP contribution >= 0.6 is 0 Å². The lowest BCUT2D eigenvalue weighted by molar-refractivity contribution is 0.201. The van der Waals surface area contributed by atoms with Crippen LogP contribution in [0.2, 0.25) is 0 Å². The van der Waals surface area contributed by atoms with E-state index in [-0.39, 0.29) is 6.54 Å². The minimum absolute atomic E-state index is 0.159. The summed E-state index contributed by atoms with van der Waals surface area (Å²) in [4.78, 5) is 17.7. The third-order valence-corrected chi connectivity index (χ3v) is 4.76. The van der Waals surface area contributed by atoms with Crippen LogP contribution in [0.3, 0.4) is 0 Å². The summed E-state index contributed by atoms with van der Waals surface area (Å²) >= 11 is 0. The van der Waals surface area contributed by atoms with Gasteiger partial charge in [-0.2, -0.15) is 0 Å². The molecule has 5 heteroatoms. The van der Waals surface area contributed by atoms with Crippen LogP contribution in [0.4, 0.5) is 10.5 Å². The van der Waals surface area contributed by atoms with Crippen molar-refractivity contribution in [3.8, 4) is 5.75 Å². The van der Waals surface area contributed by atoms with Crippen LogP contribution in [0.1, 0.15) is 27.9 Å². The van der Waals surface area contributed by atoms with Crippen molar-refractivity contribution in [2.24, 2.45) is 0 Å². The first kappa shape index (κ1) is 19.4. The molecule has 0 radical (unpaired) electrons. The number of ether oxygens (including phenoxy) is 1. The summed E-state index contributed by atoms with van der Waals surface area (Å²) in [6.07, 6.45) is 1.45. The second-order valence-corrected chi connectivity index (χ2v) is 6.75. The van der Waals surface area contributed by atoms with Gasteiger partial charge in [-0.3, -0.25) is 9.88 Å². The number of anilines is 1. The highest BCUT2D eigenvalue weighted by Crippen LogP contribution is 2.27. The number of rotatable bonds is 6. The maximum Gasteiger partial charge on any atom is 0.412 e. The molecule has 0 saturated heterocycles. The molecule has 0 spiro atoms. The van der Waals surface area contributed by atoms with Crippen LogP contribution in [-0.4, -0.2) is 23.3 Å². The fourth-order valence-corrected chi connectivity index (χ4v) is 3.32. The van der Waals surface area contributed by atoms with Gasteiger partial charge in [-0.25, -0.2) is 4.79 Å². The Bertz CT molecular complexity index is 971. The molecule has 0 aliphatic heterocycles. The predicted octanol–water partition coefficient (Wildman–Crippen LogP) is 4.98. The molecule has 1 heterocycles. The van der Waals surface area contributed by atoms with E-state index in [0.29, 0.717) is 11.4 Å². The summed E-state index contributed by atoms with van der Waals surface area (Å²) in [5, 5.41) is 9.81. The Morgan fingerprint density at radius 1 is 1.07 bits per heavy atom. The molecule has 0 aliphatic carbocycles. The van der Waals surface area contributed by atoms with E-state index in [1.54, 1.807) is 13.3 Å². The van der Waals surface area contributed by atoms with Gasteiger partial charge < -0.3 is 9.84 Å². The maximum atomic E-state index is 12.0. The molecule has 1 N–H and O–H groups in total. The smallest absolute Gasteiger partial charge is 0.412 e. The molecule has 3 rings (SSSR count). The molecule has 0 atom stereocenters. The molecule has 0 unspecified atom stereocenters. The van der Waals surface area contributed by atoms with Crippen molar-refractivity contribution in [1.82, 2.24) is 4.98 Å². The topological polar surface area (TPSA) is 62.7 Å². The Morgan fingerprint density at radius 3 is 2.46 bits per heavy atom. The number of methoxy groups -OCH3 is 1. The van der Waals surface area contributed by atoms with Gasteiger partial charge in [0.1, 0.15) is 5.75 Å². The molecule has 1 amide bonds. The Hall–Kier alpha value is -3.34. The van der Waals surface area contributed by atoms with Crippen molar-refractivity contribution in [3.05, 3.63) is 88.7 Å². The van der Waals surface area contributed by atoms with Gasteiger partial charge in [0.05, 0.1) is 19.3 Å². The highest BCUT2D eigenvalue weighted by molar-refractivity contribution is 5.86. The summed E-state index contributed by atoms with van der Waals surface area (Å²) in [5.74, 6) is 0.744. The molecule has 5 nitrogen and oxygen atoms in total. The largest absolute Gasteiger partial charge is 0.496 e. The van der Waals surface area contributed by atoms with Crippen LogP contribution < -0.4 is 9.64 Å². The average molecular weight is 376 g/mol. The normalized spacial score (nSPS) is 10.5. The van der Waals surface area contributed by atoms with Crippen LogP contribution in [-0.2, 0) is 13.0 Å². The summed E-state index contributed by atoms with van der Waals surface area (Å²) in [6.45, 7) is 3.98. The van der Waals surface area contributed by atoms with Gasteiger partial charge in [0.25, 0.3) is 0 Å². The van der Waals surface area contributed by atoms with Crippen molar-refractivity contribution in [1.29, 1.82) is 0 Å². The fourth-order valence-electron chi connectivity index (χ4n) is 3.32. The average Bonchev–Trinajstić information content (AvgIpc) is 2.68. The maximum absolute atomic E-state index is 12.0. The highest BCUT2D eigenvalue weighted by Gasteiger charge is 2.19. The zero-order valence-electron chi connectivity index (χ0n) is 16.3. The van der Waals surface area contributed by atoms with E-state index >= 15 is 0 Å². The van der Waals surface area contributed by atoms with E-state index in [1.165, 1.54) is 10.5 Å². The van der Waals surface area contributed by atoms with Gasteiger partial charge in [0.15, 0.2) is 0 Å². The molecular formula is C23H24N2O3. The molecule has 0 bridgehead atoms. The number of benzene rings is 2. The van der Waals surface area contributed by atoms with Gasteiger partial charge in [-0.1, -0.05) is 42.5 Å². The number of nitrogens with zero attached hydrogens (tertiary/aromatic N) is 2. The van der Waals surface area contributed by atoms with E-state index in [1.807, 2.05) is 56.3 Å². The standard InChI is InChI=1S/C23H24N2O3/c1-16-14-24-21(17(2)22(16)28-3)15-25(23(26)27)20-11-7-10-19(13-20)12-18-8-5-4-6-9-18/h4-11,13-14H,12,15H2,1-3H3,(H,26,27). The molecular weight excluding hydrogens is 352 g/mol. The molecule has 3 aromatic rings. The Balaban J connectivity index is 1.89. The van der Waals surface area contributed by atoms with E-state index < -0.39 is 6.09 Å². The van der Waals surface area contributed by atoms with Crippen LogP contribution in [0.5, 0.6) is 5.75 Å². The fraction of sp³-hybridized carbons (Fsp3) is 0.217. The quantitative estimate of drug-likeness (QED) is 0.659. The number of carbonyl (C=O) groups is 1. The number of carboxylic acid groups (broad SMARTS) is 1. The second-order valence-electron chi connectivity index (χ2n) is 6.75. The minimum atomic E-state index is -1.02. The van der Waals surface area contributed by atoms with Gasteiger partial charge in [-0.05, 0) is 43.5 Å². The lowest BCUT2D eigenvalue weighted by Crippen LogP contribution is -2.29. The van der Waals surface area contributed by atoms with E-state index in [9.17, 15) is 9.90 Å². The summed E-state index contributed by atoms with van der Waals surface area (Å²) < 4.78 is 5.44. The van der Waals surface area contributed by atoms with Crippen molar-refractivity contribution in [2.75, 3.05) is 12.0 Å². The number of aryl methyl sites for hydroxylation is 1. The predicted molar refractivity (Wildman–Crippen MR) is 110 cm³/mol. The van der Waals surface area contributed by atoms with Gasteiger partial charge in [-0.15, -0.1) is 0 Å². The van der Waals surface area contributed by atoms with Gasteiger partial charge in [0, 0.05) is 23.0 Å². The third kappa shape index (κ3) is 4.31. The van der Waals surface area contributed by atoms with E-state index in [0.717, 1.165) is 28.9 Å². The first-order valence-corrected chi connectivity index (χ1v) is 9.12. The molecule has 0 fully saturated rings. The SMILES string of the molecule is COc1c(C)cnc(CN(C(=O)O)c2cccc(Cc3ccccc3)c2)c1C. The number of hydrogen-bond donors (Lipinski definition) is 1. The van der Waals surface area contributed by atoms with Crippen molar-refractivity contribution >= 4 is 11.8 Å². The minimum Gasteiger partial charge on any atom is -0.496 e. The van der Waals surface area contributed by atoms with Crippen LogP contribution in [0.25, 0.3) is 0 Å². The zero-order chi connectivity index (χ0) is 20.1. The summed E-state index contributed by atoms with van der Waals surface area (Å²) in [7, 11) is 1.61. The van der Waals surface area contributed by atoms with Crippen molar-refractivity contribution < 1.29 is 14.6 Å². The third-order valence-electron chi connectivity index (χ3n) is 4.76. The van der Waals surface area contributed by atoms with E-state index in [2.05, 4.69) is 17.1 Å². The van der Waals surface area contributed by atoms with Crippen LogP contribution in [0.15, 0.2) is 60.8 Å². The molecule has 0 aliphatic rings. The first-order valence-electron chi connectivity index (χ1n) is 9.12. The molecule has 28 heavy (non-hydrogen) atoms. The summed E-state index contributed by atoms with van der Waals surface area (Å²) in [6, 6.07) is 17.7. The summed E-state index contributed by atoms with van der Waals surface area (Å²) in [5.41, 5.74) is 5.33. The lowest BCUT2D eigenvalue weighted by atomic mass is 10.0. The molecule has 1 aromatic heterocycles. The monoisotopic (exact) mass is 376 g/mol. The Labute approximate surface area is 165 Å². The van der Waals surface area contributed by atoms with Crippen molar-refractivity contribution in [2.45, 2.75) is 26.8 Å².